The van der Waals surface area contributed by atoms with Crippen molar-refractivity contribution in [1.29, 1.82) is 0 Å². The molecule has 1 aromatic rings. The van der Waals surface area contributed by atoms with Crippen molar-refractivity contribution in [2.45, 2.75) is 27.7 Å². The van der Waals surface area contributed by atoms with Crippen LogP contribution in [-0.2, 0) is 9.53 Å². The molecule has 1 aromatic carbocycles. The number of rotatable bonds is 8. The van der Waals surface area contributed by atoms with Gasteiger partial charge < -0.3 is 19.5 Å². The molecule has 0 aliphatic carbocycles. The highest BCUT2D eigenvalue weighted by Crippen LogP contribution is 2.28. The fourth-order valence-electron chi connectivity index (χ4n) is 1.84. The van der Waals surface area contributed by atoms with Crippen LogP contribution in [0.2, 0.25) is 0 Å². The number of carbonyl (C=O) groups is 2. The van der Waals surface area contributed by atoms with Crippen molar-refractivity contribution in [2.24, 2.45) is 0 Å². The van der Waals surface area contributed by atoms with Gasteiger partial charge in [0.1, 0.15) is 0 Å². The molecule has 1 amide bonds. The number of carbonyl (C=O) groups excluding carboxylic acids is 2. The summed E-state index contributed by atoms with van der Waals surface area (Å²) in [5.41, 5.74) is 0.814. The molecule has 0 fully saturated rings. The summed E-state index contributed by atoms with van der Waals surface area (Å²) in [4.78, 5) is 23.6. The van der Waals surface area contributed by atoms with Crippen molar-refractivity contribution >= 4 is 11.9 Å². The van der Waals surface area contributed by atoms with Crippen molar-refractivity contribution in [2.75, 3.05) is 19.8 Å². The smallest absolute Gasteiger partial charge is 0.332 e. The monoisotopic (exact) mass is 321 g/mol. The molecule has 0 radical (unpaired) electrons. The Balaban J connectivity index is 2.87. The summed E-state index contributed by atoms with van der Waals surface area (Å²) < 4.78 is 15.7. The highest BCUT2D eigenvalue weighted by molar-refractivity contribution is 5.96. The van der Waals surface area contributed by atoms with E-state index in [0.717, 1.165) is 0 Å². The Kier molecular flexibility index (Phi) is 7.66. The van der Waals surface area contributed by atoms with Crippen LogP contribution in [0.15, 0.2) is 30.0 Å². The van der Waals surface area contributed by atoms with Gasteiger partial charge >= 0.3 is 5.97 Å². The minimum absolute atomic E-state index is 0.285. The van der Waals surface area contributed by atoms with Crippen molar-refractivity contribution in [3.05, 3.63) is 35.5 Å². The van der Waals surface area contributed by atoms with Gasteiger partial charge in [0.2, 0.25) is 0 Å². The number of nitrogens with one attached hydrogen (secondary N) is 1. The Morgan fingerprint density at radius 1 is 1.04 bits per heavy atom. The fourth-order valence-corrected chi connectivity index (χ4v) is 1.84. The summed E-state index contributed by atoms with van der Waals surface area (Å²) in [5, 5.41) is 2.63. The molecule has 1 N–H and O–H groups in total. The third-order valence-electron chi connectivity index (χ3n) is 2.74. The van der Waals surface area contributed by atoms with Gasteiger partial charge in [0.25, 0.3) is 5.91 Å². The first kappa shape index (κ1) is 18.5. The van der Waals surface area contributed by atoms with Gasteiger partial charge in [-0.3, -0.25) is 4.79 Å². The highest BCUT2D eigenvalue weighted by atomic mass is 16.5. The molecule has 0 aromatic heterocycles. The quantitative estimate of drug-likeness (QED) is 0.588. The summed E-state index contributed by atoms with van der Waals surface area (Å²) in [6.45, 7) is 8.32. The van der Waals surface area contributed by atoms with E-state index in [9.17, 15) is 9.59 Å². The number of hydrogen-bond acceptors (Lipinski definition) is 5. The number of esters is 1. The van der Waals surface area contributed by atoms with Crippen LogP contribution in [0, 0.1) is 0 Å². The summed E-state index contributed by atoms with van der Waals surface area (Å²) >= 11 is 0. The first-order valence-electron chi connectivity index (χ1n) is 7.57. The molecule has 0 saturated heterocycles. The van der Waals surface area contributed by atoms with E-state index in [4.69, 9.17) is 14.2 Å². The van der Waals surface area contributed by atoms with E-state index in [1.165, 1.54) is 6.08 Å². The second-order valence-corrected chi connectivity index (χ2v) is 4.56. The van der Waals surface area contributed by atoms with Gasteiger partial charge in [-0.2, -0.15) is 0 Å². The van der Waals surface area contributed by atoms with Gasteiger partial charge in [-0.15, -0.1) is 0 Å². The minimum Gasteiger partial charge on any atom is -0.490 e. The van der Waals surface area contributed by atoms with E-state index in [0.29, 0.717) is 36.0 Å². The summed E-state index contributed by atoms with van der Waals surface area (Å²) in [7, 11) is 0. The Morgan fingerprint density at radius 3 is 2.30 bits per heavy atom. The van der Waals surface area contributed by atoms with Crippen molar-refractivity contribution in [3.8, 4) is 11.5 Å². The number of hydrogen-bond donors (Lipinski definition) is 1. The van der Waals surface area contributed by atoms with Crippen LogP contribution in [-0.4, -0.2) is 31.7 Å². The van der Waals surface area contributed by atoms with Gasteiger partial charge in [-0.05, 0) is 45.9 Å². The minimum atomic E-state index is -0.494. The van der Waals surface area contributed by atoms with E-state index in [1.807, 2.05) is 13.8 Å². The lowest BCUT2D eigenvalue weighted by Crippen LogP contribution is -2.22. The number of benzene rings is 1. The first-order valence-corrected chi connectivity index (χ1v) is 7.57. The average molecular weight is 321 g/mol. The highest BCUT2D eigenvalue weighted by Gasteiger charge is 2.12. The average Bonchev–Trinajstić information content (AvgIpc) is 2.49. The molecule has 0 atom stereocenters. The molecule has 0 aliphatic heterocycles. The van der Waals surface area contributed by atoms with Crippen molar-refractivity contribution < 1.29 is 23.8 Å². The van der Waals surface area contributed by atoms with Gasteiger partial charge in [0, 0.05) is 17.3 Å². The molecule has 0 bridgehead atoms. The van der Waals surface area contributed by atoms with Crippen LogP contribution in [0.5, 0.6) is 11.5 Å². The third-order valence-corrected chi connectivity index (χ3v) is 2.74. The zero-order valence-corrected chi connectivity index (χ0v) is 14.0. The third kappa shape index (κ3) is 6.02. The Labute approximate surface area is 136 Å². The molecule has 0 heterocycles. The molecular formula is C17H23NO5. The topological polar surface area (TPSA) is 73.9 Å². The van der Waals surface area contributed by atoms with Gasteiger partial charge in [-0.1, -0.05) is 0 Å². The Hall–Kier alpha value is -2.50. The van der Waals surface area contributed by atoms with Crippen LogP contribution in [0.3, 0.4) is 0 Å². The lowest BCUT2D eigenvalue weighted by Gasteiger charge is -2.12. The van der Waals surface area contributed by atoms with Crippen LogP contribution in [0.25, 0.3) is 0 Å². The summed E-state index contributed by atoms with van der Waals surface area (Å²) in [6.07, 6.45) is 1.24. The van der Waals surface area contributed by atoms with E-state index in [2.05, 4.69) is 5.32 Å². The van der Waals surface area contributed by atoms with Crippen LogP contribution in [0.4, 0.5) is 0 Å². The van der Waals surface area contributed by atoms with Crippen molar-refractivity contribution in [1.82, 2.24) is 5.32 Å². The van der Waals surface area contributed by atoms with Crippen LogP contribution >= 0.6 is 0 Å². The lowest BCUT2D eigenvalue weighted by atomic mass is 10.2. The lowest BCUT2D eigenvalue weighted by molar-refractivity contribution is -0.137. The summed E-state index contributed by atoms with van der Waals surface area (Å²) in [5.74, 6) is 0.262. The largest absolute Gasteiger partial charge is 0.490 e. The Morgan fingerprint density at radius 2 is 1.70 bits per heavy atom. The van der Waals surface area contributed by atoms with Crippen LogP contribution < -0.4 is 14.8 Å². The molecule has 0 unspecified atom stereocenters. The summed E-state index contributed by atoms with van der Waals surface area (Å²) in [6, 6.07) is 4.94. The second kappa shape index (κ2) is 9.50. The van der Waals surface area contributed by atoms with Gasteiger partial charge in [-0.25, -0.2) is 4.79 Å². The Bertz CT molecular complexity index is 580. The molecule has 0 aliphatic rings. The molecule has 1 rings (SSSR count). The molecular weight excluding hydrogens is 298 g/mol. The van der Waals surface area contributed by atoms with Crippen LogP contribution in [0.1, 0.15) is 38.1 Å². The molecule has 6 nitrogen and oxygen atoms in total. The van der Waals surface area contributed by atoms with E-state index in [-0.39, 0.29) is 12.5 Å². The predicted molar refractivity (Wildman–Crippen MR) is 86.6 cm³/mol. The van der Waals surface area contributed by atoms with Gasteiger partial charge in [0.05, 0.1) is 19.8 Å². The molecule has 0 spiro atoms. The molecule has 6 heteroatoms. The fraction of sp³-hybridized carbons (Fsp3) is 0.412. The first-order chi connectivity index (χ1) is 11.0. The maximum atomic E-state index is 12.2. The predicted octanol–water partition coefficient (Wildman–Crippen LogP) is 2.68. The van der Waals surface area contributed by atoms with E-state index < -0.39 is 5.97 Å². The normalized spacial score (nSPS) is 10.9. The van der Waals surface area contributed by atoms with E-state index in [1.54, 1.807) is 32.0 Å². The molecule has 23 heavy (non-hydrogen) atoms. The zero-order valence-electron chi connectivity index (χ0n) is 14.0. The molecule has 0 saturated carbocycles. The second-order valence-electron chi connectivity index (χ2n) is 4.56. The number of ether oxygens (including phenoxy) is 3. The maximum Gasteiger partial charge on any atom is 0.332 e. The van der Waals surface area contributed by atoms with Gasteiger partial charge in [0.15, 0.2) is 11.5 Å². The SMILES string of the molecule is CCOC(=O)/C=C(\C)NC(=O)c1ccc(OCC)c(OCC)c1. The number of allylic oxidation sites excluding steroid dienone is 1. The molecule has 126 valence electrons. The number of amides is 1. The zero-order chi connectivity index (χ0) is 17.2. The maximum absolute atomic E-state index is 12.2. The van der Waals surface area contributed by atoms with E-state index >= 15 is 0 Å². The standard InChI is InChI=1S/C17H23NO5/c1-5-21-14-9-8-13(11-15(14)22-6-2)17(20)18-12(4)10-16(19)23-7-3/h8-11H,5-7H2,1-4H3,(H,18,20)/b12-10+. The van der Waals surface area contributed by atoms with Crippen molar-refractivity contribution in [3.63, 3.8) is 0 Å².